The molecule has 1 unspecified atom stereocenters. The Morgan fingerprint density at radius 3 is 2.82 bits per heavy atom. The maximum Gasteiger partial charge on any atom is 0.215 e. The Balaban J connectivity index is 2.70. The third kappa shape index (κ3) is 4.08. The standard InChI is InChI=1S/C11H19N3O3/c1-16-6-5-8(7-15)13-11-9(12)3-4-10(14-11)17-2/h3-4,8,15H,5-7,12H2,1-2H3,(H,13,14). The fraction of sp³-hybridized carbons (Fsp3) is 0.545. The van der Waals surface area contributed by atoms with Gasteiger partial charge in [0.2, 0.25) is 5.88 Å². The molecule has 1 aromatic rings. The van der Waals surface area contributed by atoms with Gasteiger partial charge in [-0.2, -0.15) is 4.98 Å². The number of aliphatic hydroxyl groups is 1. The average Bonchev–Trinajstić information content (AvgIpc) is 2.36. The van der Waals surface area contributed by atoms with Gasteiger partial charge in [0.15, 0.2) is 5.82 Å². The number of hydrogen-bond donors (Lipinski definition) is 3. The van der Waals surface area contributed by atoms with Crippen LogP contribution in [-0.4, -0.2) is 43.6 Å². The first-order valence-corrected chi connectivity index (χ1v) is 5.38. The number of nitrogens with two attached hydrogens (primary N) is 1. The number of nitrogens with zero attached hydrogens (tertiary/aromatic N) is 1. The summed E-state index contributed by atoms with van der Waals surface area (Å²) >= 11 is 0. The summed E-state index contributed by atoms with van der Waals surface area (Å²) in [6.45, 7) is 0.545. The van der Waals surface area contributed by atoms with Crippen LogP contribution in [0.25, 0.3) is 0 Å². The first-order chi connectivity index (χ1) is 8.21. The van der Waals surface area contributed by atoms with E-state index in [1.807, 2.05) is 0 Å². The molecule has 0 aromatic carbocycles. The van der Waals surface area contributed by atoms with Crippen LogP contribution in [-0.2, 0) is 4.74 Å². The molecule has 4 N–H and O–H groups in total. The Morgan fingerprint density at radius 1 is 1.47 bits per heavy atom. The fourth-order valence-electron chi connectivity index (χ4n) is 1.34. The number of anilines is 2. The predicted molar refractivity (Wildman–Crippen MR) is 66.2 cm³/mol. The van der Waals surface area contributed by atoms with E-state index in [0.29, 0.717) is 30.4 Å². The Kier molecular flexibility index (Phi) is 5.51. The summed E-state index contributed by atoms with van der Waals surface area (Å²) in [5, 5.41) is 12.3. The van der Waals surface area contributed by atoms with Crippen LogP contribution in [0.5, 0.6) is 5.88 Å². The third-order valence-corrected chi connectivity index (χ3v) is 2.34. The lowest BCUT2D eigenvalue weighted by atomic mass is 10.2. The van der Waals surface area contributed by atoms with Gasteiger partial charge in [-0.25, -0.2) is 0 Å². The minimum Gasteiger partial charge on any atom is -0.481 e. The molecule has 0 radical (unpaired) electrons. The first kappa shape index (κ1) is 13.5. The topological polar surface area (TPSA) is 89.6 Å². The first-order valence-electron chi connectivity index (χ1n) is 5.38. The van der Waals surface area contributed by atoms with Crippen LogP contribution >= 0.6 is 0 Å². The lowest BCUT2D eigenvalue weighted by molar-refractivity contribution is 0.174. The molecule has 6 heteroatoms. The van der Waals surface area contributed by atoms with E-state index in [-0.39, 0.29) is 12.6 Å². The Labute approximate surface area is 101 Å². The number of methoxy groups -OCH3 is 2. The highest BCUT2D eigenvalue weighted by molar-refractivity contribution is 5.62. The number of aromatic nitrogens is 1. The Morgan fingerprint density at radius 2 is 2.24 bits per heavy atom. The van der Waals surface area contributed by atoms with Crippen molar-refractivity contribution >= 4 is 11.5 Å². The highest BCUT2D eigenvalue weighted by Gasteiger charge is 2.10. The second-order valence-corrected chi connectivity index (χ2v) is 3.60. The van der Waals surface area contributed by atoms with Crippen molar-refractivity contribution in [3.05, 3.63) is 12.1 Å². The lowest BCUT2D eigenvalue weighted by Crippen LogP contribution is -2.26. The molecule has 0 fully saturated rings. The van der Waals surface area contributed by atoms with Gasteiger partial charge in [-0.1, -0.05) is 0 Å². The fourth-order valence-corrected chi connectivity index (χ4v) is 1.34. The van der Waals surface area contributed by atoms with Gasteiger partial charge in [0, 0.05) is 19.8 Å². The smallest absolute Gasteiger partial charge is 0.215 e. The Bertz CT molecular complexity index is 347. The number of rotatable bonds is 7. The molecule has 1 heterocycles. The molecule has 0 spiro atoms. The summed E-state index contributed by atoms with van der Waals surface area (Å²) in [6, 6.07) is 3.25. The van der Waals surface area contributed by atoms with Crippen molar-refractivity contribution < 1.29 is 14.6 Å². The summed E-state index contributed by atoms with van der Waals surface area (Å²) < 4.78 is 9.97. The second kappa shape index (κ2) is 6.93. The van der Waals surface area contributed by atoms with Gasteiger partial charge in [0.25, 0.3) is 0 Å². The molecule has 0 aliphatic carbocycles. The second-order valence-electron chi connectivity index (χ2n) is 3.60. The molecular formula is C11H19N3O3. The van der Waals surface area contributed by atoms with E-state index in [4.69, 9.17) is 15.2 Å². The minimum absolute atomic E-state index is 0.0122. The van der Waals surface area contributed by atoms with E-state index < -0.39 is 0 Å². The Hall–Kier alpha value is -1.53. The third-order valence-electron chi connectivity index (χ3n) is 2.34. The summed E-state index contributed by atoms with van der Waals surface area (Å²) in [6.07, 6.45) is 0.672. The van der Waals surface area contributed by atoms with Crippen molar-refractivity contribution in [2.24, 2.45) is 0 Å². The van der Waals surface area contributed by atoms with E-state index in [2.05, 4.69) is 10.3 Å². The summed E-state index contributed by atoms with van der Waals surface area (Å²) in [5.41, 5.74) is 6.30. The predicted octanol–water partition coefficient (Wildman–Crippen LogP) is 0.482. The van der Waals surface area contributed by atoms with Gasteiger partial charge in [-0.05, 0) is 12.5 Å². The number of nitrogens with one attached hydrogen (secondary N) is 1. The minimum atomic E-state index is -0.142. The molecule has 0 aliphatic heterocycles. The maximum atomic E-state index is 9.21. The van der Waals surface area contributed by atoms with Crippen LogP contribution in [0.2, 0.25) is 0 Å². The molecule has 1 aromatic heterocycles. The van der Waals surface area contributed by atoms with Gasteiger partial charge < -0.3 is 25.6 Å². The van der Waals surface area contributed by atoms with Crippen LogP contribution in [0.15, 0.2) is 12.1 Å². The van der Waals surface area contributed by atoms with Crippen molar-refractivity contribution in [2.45, 2.75) is 12.5 Å². The van der Waals surface area contributed by atoms with E-state index in [0.717, 1.165) is 0 Å². The molecule has 0 bridgehead atoms. The SMILES string of the molecule is COCCC(CO)Nc1nc(OC)ccc1N. The molecule has 6 nitrogen and oxygen atoms in total. The highest BCUT2D eigenvalue weighted by atomic mass is 16.5. The number of ether oxygens (including phenoxy) is 2. The molecule has 0 amide bonds. The summed E-state index contributed by atoms with van der Waals surface area (Å²) in [7, 11) is 3.16. The van der Waals surface area contributed by atoms with Crippen LogP contribution in [0.4, 0.5) is 11.5 Å². The van der Waals surface area contributed by atoms with Gasteiger partial charge in [0.1, 0.15) is 0 Å². The maximum absolute atomic E-state index is 9.21. The van der Waals surface area contributed by atoms with Gasteiger partial charge in [0.05, 0.1) is 25.4 Å². The highest BCUT2D eigenvalue weighted by Crippen LogP contribution is 2.20. The van der Waals surface area contributed by atoms with Crippen molar-refractivity contribution in [3.63, 3.8) is 0 Å². The quantitative estimate of drug-likeness (QED) is 0.643. The zero-order valence-electron chi connectivity index (χ0n) is 10.1. The monoisotopic (exact) mass is 241 g/mol. The number of hydrogen-bond acceptors (Lipinski definition) is 6. The van der Waals surface area contributed by atoms with Gasteiger partial charge >= 0.3 is 0 Å². The molecule has 0 saturated carbocycles. The molecular weight excluding hydrogens is 222 g/mol. The molecule has 17 heavy (non-hydrogen) atoms. The molecule has 0 aliphatic rings. The van der Waals surface area contributed by atoms with Crippen molar-refractivity contribution in [1.82, 2.24) is 4.98 Å². The zero-order valence-corrected chi connectivity index (χ0v) is 10.1. The van der Waals surface area contributed by atoms with E-state index in [9.17, 15) is 5.11 Å². The zero-order chi connectivity index (χ0) is 12.7. The molecule has 96 valence electrons. The summed E-state index contributed by atoms with van der Waals surface area (Å²) in [4.78, 5) is 4.18. The van der Waals surface area contributed by atoms with Crippen molar-refractivity contribution in [3.8, 4) is 5.88 Å². The van der Waals surface area contributed by atoms with Crippen molar-refractivity contribution in [2.75, 3.05) is 38.5 Å². The molecule has 1 rings (SSSR count). The number of nitrogen functional groups attached to an aromatic ring is 1. The lowest BCUT2D eigenvalue weighted by Gasteiger charge is -2.17. The van der Waals surface area contributed by atoms with Crippen molar-refractivity contribution in [1.29, 1.82) is 0 Å². The van der Waals surface area contributed by atoms with Gasteiger partial charge in [-0.3, -0.25) is 0 Å². The van der Waals surface area contributed by atoms with Crippen LogP contribution in [0.1, 0.15) is 6.42 Å². The van der Waals surface area contributed by atoms with Crippen LogP contribution in [0, 0.1) is 0 Å². The number of aliphatic hydroxyl groups excluding tert-OH is 1. The van der Waals surface area contributed by atoms with Crippen LogP contribution < -0.4 is 15.8 Å². The molecule has 1 atom stereocenters. The normalized spacial score (nSPS) is 12.2. The van der Waals surface area contributed by atoms with Crippen LogP contribution in [0.3, 0.4) is 0 Å². The molecule has 0 saturated heterocycles. The van der Waals surface area contributed by atoms with E-state index >= 15 is 0 Å². The summed E-state index contributed by atoms with van der Waals surface area (Å²) in [5.74, 6) is 0.990. The van der Waals surface area contributed by atoms with E-state index in [1.54, 1.807) is 19.2 Å². The largest absolute Gasteiger partial charge is 0.481 e. The average molecular weight is 241 g/mol. The number of pyridine rings is 1. The van der Waals surface area contributed by atoms with Gasteiger partial charge in [-0.15, -0.1) is 0 Å². The van der Waals surface area contributed by atoms with E-state index in [1.165, 1.54) is 7.11 Å².